The number of nitrogens with one attached hydrogen (secondary N) is 2. The summed E-state index contributed by atoms with van der Waals surface area (Å²) in [6.07, 6.45) is 2.52. The first kappa shape index (κ1) is 25.7. The van der Waals surface area contributed by atoms with E-state index in [4.69, 9.17) is 22.1 Å². The molecule has 0 spiro atoms. The number of amides is 2. The van der Waals surface area contributed by atoms with Crippen LogP contribution in [0.2, 0.25) is 5.02 Å². The molecule has 2 amide bonds. The molecule has 0 unspecified atom stereocenters. The zero-order valence-electron chi connectivity index (χ0n) is 19.7. The number of hydrogen-bond acceptors (Lipinski definition) is 5. The minimum absolute atomic E-state index is 0.0474. The Morgan fingerprint density at radius 2 is 1.78 bits per heavy atom. The molecule has 10 heteroatoms. The van der Waals surface area contributed by atoms with Gasteiger partial charge in [0, 0.05) is 36.3 Å². The molecule has 0 atom stereocenters. The predicted molar refractivity (Wildman–Crippen MR) is 137 cm³/mol. The monoisotopic (exact) mass is 515 g/mol. The van der Waals surface area contributed by atoms with Crippen LogP contribution in [0, 0.1) is 11.6 Å². The minimum Gasteiger partial charge on any atom is -0.489 e. The van der Waals surface area contributed by atoms with Gasteiger partial charge in [0.05, 0.1) is 17.3 Å². The van der Waals surface area contributed by atoms with Crippen molar-refractivity contribution in [2.24, 2.45) is 0 Å². The van der Waals surface area contributed by atoms with Crippen LogP contribution in [0.4, 0.5) is 25.1 Å². The molecule has 2 heterocycles. The Hall–Kier alpha value is -3.43. The Labute approximate surface area is 213 Å². The fourth-order valence-corrected chi connectivity index (χ4v) is 4.29. The molecule has 2 aromatic carbocycles. The molecule has 4 rings (SSSR count). The molecule has 0 aliphatic carbocycles. The maximum Gasteiger partial charge on any atom is 0.319 e. The van der Waals surface area contributed by atoms with E-state index < -0.39 is 11.6 Å². The van der Waals surface area contributed by atoms with Crippen LogP contribution in [0.5, 0.6) is 5.75 Å². The number of urea groups is 1. The van der Waals surface area contributed by atoms with Gasteiger partial charge in [0.1, 0.15) is 11.6 Å². The summed E-state index contributed by atoms with van der Waals surface area (Å²) in [6.45, 7) is 3.70. The number of nitrogens with zero attached hydrogens (tertiary/aromatic N) is 2. The number of nitrogen functional groups attached to an aromatic ring is 1. The van der Waals surface area contributed by atoms with Gasteiger partial charge in [0.25, 0.3) is 0 Å². The highest BCUT2D eigenvalue weighted by molar-refractivity contribution is 6.31. The van der Waals surface area contributed by atoms with Crippen LogP contribution in [0.15, 0.2) is 48.5 Å². The quantitative estimate of drug-likeness (QED) is 0.345. The van der Waals surface area contributed by atoms with Crippen molar-refractivity contribution in [1.82, 2.24) is 15.2 Å². The van der Waals surface area contributed by atoms with E-state index in [9.17, 15) is 13.6 Å². The second-order valence-corrected chi connectivity index (χ2v) is 8.89. The lowest BCUT2D eigenvalue weighted by molar-refractivity contribution is 0.249. The molecule has 1 saturated heterocycles. The van der Waals surface area contributed by atoms with Gasteiger partial charge in [-0.3, -0.25) is 0 Å². The zero-order valence-corrected chi connectivity index (χ0v) is 20.5. The lowest BCUT2D eigenvalue weighted by Crippen LogP contribution is -2.35. The summed E-state index contributed by atoms with van der Waals surface area (Å²) < 4.78 is 33.1. The third-order valence-corrected chi connectivity index (χ3v) is 6.39. The number of carbonyl (C=O) groups excluding carboxylic acids is 1. The molecule has 36 heavy (non-hydrogen) atoms. The molecule has 1 aliphatic rings. The van der Waals surface area contributed by atoms with E-state index in [0.717, 1.165) is 37.3 Å². The van der Waals surface area contributed by atoms with Crippen LogP contribution in [0.3, 0.4) is 0 Å². The molecule has 1 fully saturated rings. The van der Waals surface area contributed by atoms with E-state index in [0.29, 0.717) is 23.7 Å². The number of hydrogen-bond donors (Lipinski definition) is 3. The number of pyridine rings is 1. The fourth-order valence-electron chi connectivity index (χ4n) is 4.04. The van der Waals surface area contributed by atoms with Crippen molar-refractivity contribution in [2.75, 3.05) is 43.8 Å². The number of ether oxygens (including phenoxy) is 1. The third-order valence-electron chi connectivity index (χ3n) is 5.99. The van der Waals surface area contributed by atoms with Crippen molar-refractivity contribution in [2.45, 2.75) is 19.3 Å². The van der Waals surface area contributed by atoms with Crippen LogP contribution in [0.25, 0.3) is 11.3 Å². The molecule has 4 N–H and O–H groups in total. The number of anilines is 2. The second-order valence-electron chi connectivity index (χ2n) is 8.51. The van der Waals surface area contributed by atoms with E-state index in [1.54, 1.807) is 24.3 Å². The fraction of sp³-hybridized carbons (Fsp3) is 0.308. The highest BCUT2D eigenvalue weighted by atomic mass is 35.5. The molecule has 0 saturated carbocycles. The maximum absolute atomic E-state index is 13.9. The van der Waals surface area contributed by atoms with E-state index >= 15 is 0 Å². The first-order valence-electron chi connectivity index (χ1n) is 11.8. The highest BCUT2D eigenvalue weighted by Gasteiger charge is 2.14. The number of aromatic nitrogens is 1. The topological polar surface area (TPSA) is 92.5 Å². The number of nitrogens with two attached hydrogens (primary N) is 1. The minimum atomic E-state index is -0.682. The third kappa shape index (κ3) is 6.61. The Morgan fingerprint density at radius 3 is 2.50 bits per heavy atom. The first-order chi connectivity index (χ1) is 17.4. The Morgan fingerprint density at radius 1 is 1.06 bits per heavy atom. The van der Waals surface area contributed by atoms with Gasteiger partial charge in [0.15, 0.2) is 11.6 Å². The molecular weight excluding hydrogens is 488 g/mol. The van der Waals surface area contributed by atoms with Crippen LogP contribution in [0.1, 0.15) is 18.4 Å². The summed E-state index contributed by atoms with van der Waals surface area (Å²) >= 11 is 5.85. The molecule has 190 valence electrons. The maximum atomic E-state index is 13.9. The average molecular weight is 516 g/mol. The van der Waals surface area contributed by atoms with Crippen LogP contribution >= 0.6 is 11.6 Å². The van der Waals surface area contributed by atoms with Gasteiger partial charge in [-0.05, 0) is 62.3 Å². The number of benzene rings is 2. The Balaban J connectivity index is 1.28. The van der Waals surface area contributed by atoms with Gasteiger partial charge in [-0.2, -0.15) is 0 Å². The Bertz CT molecular complexity index is 1200. The van der Waals surface area contributed by atoms with E-state index in [1.165, 1.54) is 12.8 Å². The molecule has 3 aromatic rings. The van der Waals surface area contributed by atoms with Gasteiger partial charge >= 0.3 is 6.03 Å². The van der Waals surface area contributed by atoms with Crippen molar-refractivity contribution in [1.29, 1.82) is 0 Å². The first-order valence-corrected chi connectivity index (χ1v) is 12.2. The van der Waals surface area contributed by atoms with E-state index in [-0.39, 0.29) is 35.5 Å². The molecule has 0 radical (unpaired) electrons. The number of halogens is 3. The summed E-state index contributed by atoms with van der Waals surface area (Å²) in [4.78, 5) is 18.8. The molecule has 1 aromatic heterocycles. The predicted octanol–water partition coefficient (Wildman–Crippen LogP) is 5.10. The van der Waals surface area contributed by atoms with E-state index in [1.807, 2.05) is 12.1 Å². The molecular formula is C26H28ClF2N5O2. The van der Waals surface area contributed by atoms with Crippen LogP contribution in [-0.4, -0.2) is 48.7 Å². The molecule has 7 nitrogen and oxygen atoms in total. The molecule has 0 bridgehead atoms. The summed E-state index contributed by atoms with van der Waals surface area (Å²) in [6, 6.07) is 12.4. The largest absolute Gasteiger partial charge is 0.489 e. The Kier molecular flexibility index (Phi) is 8.56. The van der Waals surface area contributed by atoms with Gasteiger partial charge in [-0.15, -0.1) is 0 Å². The lowest BCUT2D eigenvalue weighted by Gasteiger charge is -2.15. The normalized spacial score (nSPS) is 13.5. The highest BCUT2D eigenvalue weighted by Crippen LogP contribution is 2.27. The summed E-state index contributed by atoms with van der Waals surface area (Å²) in [7, 11) is 0. The smallest absolute Gasteiger partial charge is 0.319 e. The summed E-state index contributed by atoms with van der Waals surface area (Å²) in [5.41, 5.74) is 8.19. The van der Waals surface area contributed by atoms with Crippen molar-refractivity contribution in [3.05, 3.63) is 70.8 Å². The second kappa shape index (κ2) is 12.0. The number of likely N-dealkylation sites (tertiary alicyclic amines) is 1. The summed E-state index contributed by atoms with van der Waals surface area (Å²) in [5, 5.41) is 5.44. The van der Waals surface area contributed by atoms with Gasteiger partial charge in [-0.25, -0.2) is 18.6 Å². The number of carbonyl (C=O) groups is 1. The van der Waals surface area contributed by atoms with Gasteiger partial charge in [0.2, 0.25) is 0 Å². The lowest BCUT2D eigenvalue weighted by atomic mass is 10.1. The van der Waals surface area contributed by atoms with Crippen molar-refractivity contribution in [3.63, 3.8) is 0 Å². The summed E-state index contributed by atoms with van der Waals surface area (Å²) in [5.74, 6) is -0.782. The standard InChI is InChI=1S/C26H28ClF2N5O2/c27-24-19(20(28)7-8-21(24)29)11-16-36-23-10-9-22(33-25(23)30)17-3-5-18(6-4-17)32-26(35)31-12-15-34-13-1-2-14-34/h3-10H,1-2,11-16H2,(H2,30,33)(H2,31,32,35). The average Bonchev–Trinajstić information content (AvgIpc) is 3.38. The van der Waals surface area contributed by atoms with Crippen molar-refractivity contribution >= 4 is 29.1 Å². The molecule has 1 aliphatic heterocycles. The van der Waals surface area contributed by atoms with Crippen LogP contribution in [-0.2, 0) is 6.42 Å². The van der Waals surface area contributed by atoms with Crippen LogP contribution < -0.4 is 21.1 Å². The van der Waals surface area contributed by atoms with Gasteiger partial charge < -0.3 is 26.0 Å². The zero-order chi connectivity index (χ0) is 25.5. The SMILES string of the molecule is Nc1nc(-c2ccc(NC(=O)NCCN3CCCC3)cc2)ccc1OCCc1c(F)ccc(F)c1Cl. The number of rotatable bonds is 9. The van der Waals surface area contributed by atoms with Gasteiger partial charge in [-0.1, -0.05) is 23.7 Å². The van der Waals surface area contributed by atoms with Crippen molar-refractivity contribution in [3.8, 4) is 17.0 Å². The van der Waals surface area contributed by atoms with E-state index in [2.05, 4.69) is 20.5 Å². The van der Waals surface area contributed by atoms with Crippen molar-refractivity contribution < 1.29 is 18.3 Å².